The predicted molar refractivity (Wildman–Crippen MR) is 77.9 cm³/mol. The summed E-state index contributed by atoms with van der Waals surface area (Å²) < 4.78 is 6.10. The SMILES string of the molecule is CCCC(C)OC(c1ccc(Cl)cc1)C(N)CC. The second-order valence-electron chi connectivity index (χ2n) is 4.78. The highest BCUT2D eigenvalue weighted by atomic mass is 35.5. The normalized spacial score (nSPS) is 16.3. The minimum atomic E-state index is -0.0474. The van der Waals surface area contributed by atoms with Gasteiger partial charge in [-0.3, -0.25) is 0 Å². The van der Waals surface area contributed by atoms with E-state index in [0.29, 0.717) is 0 Å². The first-order valence-electron chi connectivity index (χ1n) is 6.75. The molecule has 0 aliphatic carbocycles. The van der Waals surface area contributed by atoms with Crippen LogP contribution in [0.1, 0.15) is 51.7 Å². The summed E-state index contributed by atoms with van der Waals surface area (Å²) in [4.78, 5) is 0. The fraction of sp³-hybridized carbons (Fsp3) is 0.600. The van der Waals surface area contributed by atoms with Gasteiger partial charge in [0.2, 0.25) is 0 Å². The van der Waals surface area contributed by atoms with Crippen molar-refractivity contribution in [2.24, 2.45) is 5.73 Å². The molecule has 0 aliphatic rings. The molecule has 0 aliphatic heterocycles. The van der Waals surface area contributed by atoms with E-state index in [1.807, 2.05) is 24.3 Å². The van der Waals surface area contributed by atoms with Crippen molar-refractivity contribution in [3.8, 4) is 0 Å². The highest BCUT2D eigenvalue weighted by Gasteiger charge is 2.21. The summed E-state index contributed by atoms with van der Waals surface area (Å²) >= 11 is 5.91. The molecule has 2 nitrogen and oxygen atoms in total. The Labute approximate surface area is 115 Å². The molecular formula is C15H24ClNO. The number of nitrogens with two attached hydrogens (primary N) is 1. The average Bonchev–Trinajstić information content (AvgIpc) is 2.36. The summed E-state index contributed by atoms with van der Waals surface area (Å²) in [7, 11) is 0. The molecule has 0 heterocycles. The van der Waals surface area contributed by atoms with Crippen molar-refractivity contribution in [3.05, 3.63) is 34.9 Å². The highest BCUT2D eigenvalue weighted by Crippen LogP contribution is 2.26. The van der Waals surface area contributed by atoms with Gasteiger partial charge in [0, 0.05) is 11.1 Å². The maximum Gasteiger partial charge on any atom is 0.0979 e. The molecule has 0 bridgehead atoms. The molecular weight excluding hydrogens is 246 g/mol. The van der Waals surface area contributed by atoms with Gasteiger partial charge in [-0.1, -0.05) is 44.0 Å². The van der Waals surface area contributed by atoms with Crippen LogP contribution in [0.5, 0.6) is 0 Å². The molecule has 3 atom stereocenters. The van der Waals surface area contributed by atoms with E-state index in [1.54, 1.807) is 0 Å². The Morgan fingerprint density at radius 1 is 1.22 bits per heavy atom. The van der Waals surface area contributed by atoms with Gasteiger partial charge in [0.25, 0.3) is 0 Å². The third-order valence-corrected chi connectivity index (χ3v) is 3.38. The zero-order valence-corrected chi connectivity index (χ0v) is 12.3. The van der Waals surface area contributed by atoms with Gasteiger partial charge in [0.05, 0.1) is 12.2 Å². The van der Waals surface area contributed by atoms with Crippen molar-refractivity contribution in [1.82, 2.24) is 0 Å². The molecule has 3 heteroatoms. The summed E-state index contributed by atoms with van der Waals surface area (Å²) in [6.07, 6.45) is 3.25. The zero-order valence-electron chi connectivity index (χ0n) is 11.5. The molecule has 3 unspecified atom stereocenters. The van der Waals surface area contributed by atoms with Crippen LogP contribution in [0.2, 0.25) is 5.02 Å². The maximum atomic E-state index is 6.17. The fourth-order valence-corrected chi connectivity index (χ4v) is 2.14. The van der Waals surface area contributed by atoms with Crippen LogP contribution >= 0.6 is 11.6 Å². The number of benzene rings is 1. The summed E-state index contributed by atoms with van der Waals surface area (Å²) in [5.41, 5.74) is 7.28. The van der Waals surface area contributed by atoms with E-state index < -0.39 is 0 Å². The molecule has 0 radical (unpaired) electrons. The van der Waals surface area contributed by atoms with E-state index in [9.17, 15) is 0 Å². The van der Waals surface area contributed by atoms with Gasteiger partial charge in [-0.25, -0.2) is 0 Å². The van der Waals surface area contributed by atoms with Gasteiger partial charge in [-0.15, -0.1) is 0 Å². The van der Waals surface area contributed by atoms with Crippen molar-refractivity contribution in [3.63, 3.8) is 0 Å². The molecule has 102 valence electrons. The third kappa shape index (κ3) is 4.60. The standard InChI is InChI=1S/C15H24ClNO/c1-4-6-11(3)18-15(14(17)5-2)12-7-9-13(16)10-8-12/h7-11,14-15H,4-6,17H2,1-3H3. The summed E-state index contributed by atoms with van der Waals surface area (Å²) in [5, 5.41) is 0.740. The smallest absolute Gasteiger partial charge is 0.0979 e. The Bertz CT molecular complexity index is 339. The number of ether oxygens (including phenoxy) is 1. The fourth-order valence-electron chi connectivity index (χ4n) is 2.02. The van der Waals surface area contributed by atoms with Crippen LogP contribution in [-0.4, -0.2) is 12.1 Å². The number of halogens is 1. The zero-order chi connectivity index (χ0) is 13.5. The largest absolute Gasteiger partial charge is 0.369 e. The lowest BCUT2D eigenvalue weighted by molar-refractivity contribution is -0.0222. The van der Waals surface area contributed by atoms with Gasteiger partial charge in [-0.2, -0.15) is 0 Å². The molecule has 2 N–H and O–H groups in total. The summed E-state index contributed by atoms with van der Waals surface area (Å²) in [6, 6.07) is 7.80. The minimum Gasteiger partial charge on any atom is -0.369 e. The monoisotopic (exact) mass is 269 g/mol. The van der Waals surface area contributed by atoms with Crippen molar-refractivity contribution < 1.29 is 4.74 Å². The van der Waals surface area contributed by atoms with Gasteiger partial charge in [0.1, 0.15) is 0 Å². The Hall–Kier alpha value is -0.570. The van der Waals surface area contributed by atoms with E-state index >= 15 is 0 Å². The summed E-state index contributed by atoms with van der Waals surface area (Å²) in [6.45, 7) is 6.35. The Balaban J connectivity index is 2.80. The van der Waals surface area contributed by atoms with Crippen LogP contribution in [0.3, 0.4) is 0 Å². The first-order chi connectivity index (χ1) is 8.58. The average molecular weight is 270 g/mol. The van der Waals surface area contributed by atoms with Crippen molar-refractivity contribution >= 4 is 11.6 Å². The molecule has 1 aromatic carbocycles. The Morgan fingerprint density at radius 3 is 2.33 bits per heavy atom. The number of rotatable bonds is 7. The second-order valence-corrected chi connectivity index (χ2v) is 5.22. The minimum absolute atomic E-state index is 0.0190. The molecule has 0 saturated carbocycles. The molecule has 1 aromatic rings. The first kappa shape index (κ1) is 15.5. The molecule has 0 aromatic heterocycles. The molecule has 0 saturated heterocycles. The topological polar surface area (TPSA) is 35.2 Å². The molecule has 1 rings (SSSR count). The lowest BCUT2D eigenvalue weighted by Crippen LogP contribution is -2.31. The van der Waals surface area contributed by atoms with Gasteiger partial charge in [-0.05, 0) is 37.5 Å². The second kappa shape index (κ2) is 7.78. The quantitative estimate of drug-likeness (QED) is 0.800. The Morgan fingerprint density at radius 2 is 1.83 bits per heavy atom. The number of hydrogen-bond acceptors (Lipinski definition) is 2. The van der Waals surface area contributed by atoms with Crippen molar-refractivity contribution in [2.75, 3.05) is 0 Å². The van der Waals surface area contributed by atoms with E-state index in [1.165, 1.54) is 0 Å². The molecule has 0 fully saturated rings. The molecule has 18 heavy (non-hydrogen) atoms. The lowest BCUT2D eigenvalue weighted by atomic mass is 10.0. The van der Waals surface area contributed by atoms with Crippen LogP contribution in [0.15, 0.2) is 24.3 Å². The van der Waals surface area contributed by atoms with Crippen LogP contribution in [0.4, 0.5) is 0 Å². The highest BCUT2D eigenvalue weighted by molar-refractivity contribution is 6.30. The van der Waals surface area contributed by atoms with Crippen LogP contribution < -0.4 is 5.73 Å². The van der Waals surface area contributed by atoms with E-state index in [2.05, 4.69) is 20.8 Å². The van der Waals surface area contributed by atoms with E-state index in [4.69, 9.17) is 22.1 Å². The first-order valence-corrected chi connectivity index (χ1v) is 7.12. The van der Waals surface area contributed by atoms with Crippen LogP contribution in [-0.2, 0) is 4.74 Å². The number of hydrogen-bond donors (Lipinski definition) is 1. The van der Waals surface area contributed by atoms with Crippen molar-refractivity contribution in [2.45, 2.75) is 58.3 Å². The van der Waals surface area contributed by atoms with Gasteiger partial charge in [0.15, 0.2) is 0 Å². The van der Waals surface area contributed by atoms with Crippen LogP contribution in [0.25, 0.3) is 0 Å². The third-order valence-electron chi connectivity index (χ3n) is 3.13. The van der Waals surface area contributed by atoms with E-state index in [-0.39, 0.29) is 18.2 Å². The van der Waals surface area contributed by atoms with Crippen LogP contribution in [0, 0.1) is 0 Å². The summed E-state index contributed by atoms with van der Waals surface area (Å²) in [5.74, 6) is 0. The predicted octanol–water partition coefficient (Wildman–Crippen LogP) is 4.32. The van der Waals surface area contributed by atoms with E-state index in [0.717, 1.165) is 29.8 Å². The van der Waals surface area contributed by atoms with Crippen molar-refractivity contribution in [1.29, 1.82) is 0 Å². The molecule has 0 spiro atoms. The lowest BCUT2D eigenvalue weighted by Gasteiger charge is -2.27. The maximum absolute atomic E-state index is 6.17. The Kier molecular flexibility index (Phi) is 6.69. The van der Waals surface area contributed by atoms with Gasteiger partial charge < -0.3 is 10.5 Å². The van der Waals surface area contributed by atoms with Gasteiger partial charge >= 0.3 is 0 Å². The molecule has 0 amide bonds.